The summed E-state index contributed by atoms with van der Waals surface area (Å²) in [7, 11) is 0. The highest BCUT2D eigenvalue weighted by atomic mass is 16.3. The highest BCUT2D eigenvalue weighted by Crippen LogP contribution is 2.34. The van der Waals surface area contributed by atoms with E-state index in [1.165, 1.54) is 19.3 Å². The lowest BCUT2D eigenvalue weighted by Gasteiger charge is -2.20. The number of hydrogen-bond acceptors (Lipinski definition) is 3. The van der Waals surface area contributed by atoms with Gasteiger partial charge in [0, 0.05) is 36.4 Å². The van der Waals surface area contributed by atoms with Crippen LogP contribution in [-0.4, -0.2) is 34.7 Å². The number of phenolic OH excluding ortho intramolecular Hbond substituents is 1. The lowest BCUT2D eigenvalue weighted by molar-refractivity contribution is 0.257. The van der Waals surface area contributed by atoms with E-state index in [-0.39, 0.29) is 0 Å². The molecule has 0 amide bonds. The number of nitrogens with zero attached hydrogens (tertiary/aromatic N) is 1. The third-order valence-corrected chi connectivity index (χ3v) is 4.22. The number of rotatable bonds is 3. The van der Waals surface area contributed by atoms with E-state index in [9.17, 15) is 5.11 Å². The average Bonchev–Trinajstić information content (AvgIpc) is 3.09. The average molecular weight is 246 g/mol. The lowest BCUT2D eigenvalue weighted by Crippen LogP contribution is -2.30. The maximum absolute atomic E-state index is 9.73. The Morgan fingerprint density at radius 1 is 1.33 bits per heavy atom. The quantitative estimate of drug-likeness (QED) is 0.861. The first-order valence-corrected chi connectivity index (χ1v) is 6.95. The summed E-state index contributed by atoms with van der Waals surface area (Å²) >= 11 is 0. The maximum Gasteiger partial charge on any atom is 0.120 e. The molecule has 1 aromatic carbocycles. The van der Waals surface area contributed by atoms with Gasteiger partial charge in [-0.2, -0.15) is 0 Å². The minimum Gasteiger partial charge on any atom is -0.508 e. The summed E-state index contributed by atoms with van der Waals surface area (Å²) in [6.07, 6.45) is 3.95. The molecule has 2 fully saturated rings. The van der Waals surface area contributed by atoms with Crippen molar-refractivity contribution in [2.24, 2.45) is 0 Å². The predicted octanol–water partition coefficient (Wildman–Crippen LogP) is 2.74. The normalized spacial score (nSPS) is 28.6. The molecule has 0 radical (unpaired) electrons. The zero-order chi connectivity index (χ0) is 12.7. The van der Waals surface area contributed by atoms with Gasteiger partial charge in [0.05, 0.1) is 0 Å². The molecule has 1 aliphatic carbocycles. The van der Waals surface area contributed by atoms with Crippen molar-refractivity contribution in [3.8, 4) is 5.75 Å². The summed E-state index contributed by atoms with van der Waals surface area (Å²) in [6.45, 7) is 5.39. The van der Waals surface area contributed by atoms with E-state index in [1.54, 1.807) is 0 Å². The first kappa shape index (κ1) is 11.8. The zero-order valence-electron chi connectivity index (χ0n) is 11.2. The summed E-state index contributed by atoms with van der Waals surface area (Å²) in [5, 5.41) is 13.3. The van der Waals surface area contributed by atoms with Gasteiger partial charge in [0.15, 0.2) is 0 Å². The van der Waals surface area contributed by atoms with Gasteiger partial charge >= 0.3 is 0 Å². The number of aromatic hydroxyl groups is 1. The van der Waals surface area contributed by atoms with E-state index in [1.807, 2.05) is 19.1 Å². The van der Waals surface area contributed by atoms with E-state index in [0.717, 1.165) is 23.8 Å². The van der Waals surface area contributed by atoms with Crippen LogP contribution >= 0.6 is 0 Å². The van der Waals surface area contributed by atoms with Crippen LogP contribution in [0.4, 0.5) is 5.69 Å². The van der Waals surface area contributed by atoms with E-state index in [4.69, 9.17) is 0 Å². The van der Waals surface area contributed by atoms with Crippen molar-refractivity contribution in [1.82, 2.24) is 4.90 Å². The molecule has 1 aliphatic heterocycles. The van der Waals surface area contributed by atoms with E-state index < -0.39 is 0 Å². The summed E-state index contributed by atoms with van der Waals surface area (Å²) in [6, 6.07) is 7.91. The van der Waals surface area contributed by atoms with Gasteiger partial charge in [0.2, 0.25) is 0 Å². The molecule has 2 atom stereocenters. The molecule has 2 unspecified atom stereocenters. The molecule has 2 N–H and O–H groups in total. The summed E-state index contributed by atoms with van der Waals surface area (Å²) in [5.41, 5.74) is 1.97. The Labute approximate surface area is 109 Å². The van der Waals surface area contributed by atoms with Crippen molar-refractivity contribution < 1.29 is 5.11 Å². The van der Waals surface area contributed by atoms with Crippen LogP contribution in [0.2, 0.25) is 0 Å². The SMILES string of the molecule is Cc1ccc(NC2CC(C)N(C3CC3)C2)cc1O. The van der Waals surface area contributed by atoms with Crippen molar-refractivity contribution in [1.29, 1.82) is 0 Å². The first-order valence-electron chi connectivity index (χ1n) is 6.95. The number of anilines is 1. The number of benzene rings is 1. The van der Waals surface area contributed by atoms with Gasteiger partial charge in [-0.15, -0.1) is 0 Å². The molecule has 3 nitrogen and oxygen atoms in total. The predicted molar refractivity (Wildman–Crippen MR) is 74.1 cm³/mol. The topological polar surface area (TPSA) is 35.5 Å². The third kappa shape index (κ3) is 2.32. The van der Waals surface area contributed by atoms with Crippen molar-refractivity contribution in [2.75, 3.05) is 11.9 Å². The van der Waals surface area contributed by atoms with Gasteiger partial charge < -0.3 is 10.4 Å². The number of aryl methyl sites for hydroxylation is 1. The second kappa shape index (κ2) is 4.47. The Morgan fingerprint density at radius 2 is 2.11 bits per heavy atom. The molecule has 18 heavy (non-hydrogen) atoms. The molecule has 98 valence electrons. The summed E-state index contributed by atoms with van der Waals surface area (Å²) in [5.74, 6) is 0.380. The van der Waals surface area contributed by atoms with Crippen LogP contribution in [0.1, 0.15) is 31.7 Å². The highest BCUT2D eigenvalue weighted by Gasteiger charge is 2.38. The number of phenols is 1. The fourth-order valence-corrected chi connectivity index (χ4v) is 3.01. The fraction of sp³-hybridized carbons (Fsp3) is 0.600. The maximum atomic E-state index is 9.73. The Balaban J connectivity index is 1.64. The van der Waals surface area contributed by atoms with Crippen molar-refractivity contribution in [3.63, 3.8) is 0 Å². The summed E-state index contributed by atoms with van der Waals surface area (Å²) in [4.78, 5) is 2.63. The Bertz CT molecular complexity index is 442. The molecule has 1 heterocycles. The van der Waals surface area contributed by atoms with Crippen molar-refractivity contribution in [3.05, 3.63) is 23.8 Å². The molecule has 1 saturated carbocycles. The van der Waals surface area contributed by atoms with Crippen LogP contribution < -0.4 is 5.32 Å². The van der Waals surface area contributed by atoms with Crippen molar-refractivity contribution in [2.45, 2.75) is 51.2 Å². The van der Waals surface area contributed by atoms with Crippen LogP contribution in [0.3, 0.4) is 0 Å². The number of nitrogens with one attached hydrogen (secondary N) is 1. The van der Waals surface area contributed by atoms with Gasteiger partial charge in [-0.05, 0) is 44.7 Å². The van der Waals surface area contributed by atoms with E-state index >= 15 is 0 Å². The van der Waals surface area contributed by atoms with Gasteiger partial charge in [-0.3, -0.25) is 4.90 Å². The van der Waals surface area contributed by atoms with E-state index in [0.29, 0.717) is 17.8 Å². The lowest BCUT2D eigenvalue weighted by atomic mass is 10.1. The minimum atomic E-state index is 0.380. The molecule has 1 saturated heterocycles. The van der Waals surface area contributed by atoms with Gasteiger partial charge in [-0.25, -0.2) is 0 Å². The molecule has 2 aliphatic rings. The third-order valence-electron chi connectivity index (χ3n) is 4.22. The van der Waals surface area contributed by atoms with Crippen LogP contribution in [0.25, 0.3) is 0 Å². The van der Waals surface area contributed by atoms with Crippen LogP contribution in [0.15, 0.2) is 18.2 Å². The van der Waals surface area contributed by atoms with Crippen molar-refractivity contribution >= 4 is 5.69 Å². The molecular weight excluding hydrogens is 224 g/mol. The molecule has 0 aromatic heterocycles. The minimum absolute atomic E-state index is 0.380. The van der Waals surface area contributed by atoms with E-state index in [2.05, 4.69) is 23.2 Å². The van der Waals surface area contributed by atoms with Crippen LogP contribution in [0, 0.1) is 6.92 Å². The zero-order valence-corrected chi connectivity index (χ0v) is 11.2. The van der Waals surface area contributed by atoms with Gasteiger partial charge in [0.1, 0.15) is 5.75 Å². The smallest absolute Gasteiger partial charge is 0.120 e. The number of hydrogen-bond donors (Lipinski definition) is 2. The first-order chi connectivity index (χ1) is 8.63. The Morgan fingerprint density at radius 3 is 2.78 bits per heavy atom. The van der Waals surface area contributed by atoms with Gasteiger partial charge in [0.25, 0.3) is 0 Å². The Kier molecular flexibility index (Phi) is 2.94. The number of likely N-dealkylation sites (tertiary alicyclic amines) is 1. The molecule has 3 heteroatoms. The molecular formula is C15H22N2O. The summed E-state index contributed by atoms with van der Waals surface area (Å²) < 4.78 is 0. The second-order valence-corrected chi connectivity index (χ2v) is 5.86. The van der Waals surface area contributed by atoms with Crippen LogP contribution in [0.5, 0.6) is 5.75 Å². The van der Waals surface area contributed by atoms with Crippen LogP contribution in [-0.2, 0) is 0 Å². The molecule has 0 spiro atoms. The van der Waals surface area contributed by atoms with Gasteiger partial charge in [-0.1, -0.05) is 6.07 Å². The standard InChI is InChI=1S/C15H22N2O/c1-10-3-4-12(8-15(10)18)16-13-7-11(2)17(9-13)14-5-6-14/h3-4,8,11,13-14,16,18H,5-7,9H2,1-2H3. The molecule has 3 rings (SSSR count). The molecule has 1 aromatic rings. The highest BCUT2D eigenvalue weighted by molar-refractivity contribution is 5.51. The fourth-order valence-electron chi connectivity index (χ4n) is 3.01. The monoisotopic (exact) mass is 246 g/mol. The second-order valence-electron chi connectivity index (χ2n) is 5.86. The Hall–Kier alpha value is -1.22. The molecule has 0 bridgehead atoms. The largest absolute Gasteiger partial charge is 0.508 e.